The molecule has 0 aliphatic carbocycles. The van der Waals surface area contributed by atoms with Gasteiger partial charge >= 0.3 is 0 Å². The summed E-state index contributed by atoms with van der Waals surface area (Å²) < 4.78 is 23.6. The Labute approximate surface area is 96.4 Å². The molecule has 0 saturated carbocycles. The molecular weight excluding hydrogens is 207 g/mol. The van der Waals surface area contributed by atoms with E-state index in [4.69, 9.17) is 9.47 Å². The minimum absolute atomic E-state index is 0.215. The van der Waals surface area contributed by atoms with Crippen LogP contribution in [-0.4, -0.2) is 20.3 Å². The molecule has 1 aromatic carbocycles. The summed E-state index contributed by atoms with van der Waals surface area (Å²) in [6.07, 6.45) is 0.839. The SMILES string of the molecule is COCCCOc1ccc(F)cc1C(C)C. The van der Waals surface area contributed by atoms with Crippen LogP contribution < -0.4 is 4.74 Å². The molecule has 2 nitrogen and oxygen atoms in total. The quantitative estimate of drug-likeness (QED) is 0.692. The molecule has 1 rings (SSSR count). The summed E-state index contributed by atoms with van der Waals surface area (Å²) in [5.74, 6) is 0.813. The van der Waals surface area contributed by atoms with E-state index in [0.29, 0.717) is 13.2 Å². The number of benzene rings is 1. The Morgan fingerprint density at radius 3 is 2.62 bits per heavy atom. The smallest absolute Gasteiger partial charge is 0.123 e. The molecular formula is C13H19FO2. The lowest BCUT2D eigenvalue weighted by Crippen LogP contribution is -2.04. The highest BCUT2D eigenvalue weighted by Gasteiger charge is 2.08. The molecule has 3 heteroatoms. The molecule has 1 aromatic rings. The minimum atomic E-state index is -0.215. The van der Waals surface area contributed by atoms with Crippen molar-refractivity contribution in [3.05, 3.63) is 29.6 Å². The third-order valence-electron chi connectivity index (χ3n) is 2.34. The standard InChI is InChI=1S/C13H19FO2/c1-10(2)12-9-11(14)5-6-13(12)16-8-4-7-15-3/h5-6,9-10H,4,7-8H2,1-3H3. The summed E-state index contributed by atoms with van der Waals surface area (Å²) in [7, 11) is 1.66. The first-order valence-corrected chi connectivity index (χ1v) is 5.56. The van der Waals surface area contributed by atoms with Crippen molar-refractivity contribution in [2.75, 3.05) is 20.3 Å². The molecule has 0 heterocycles. The Balaban J connectivity index is 2.64. The second-order valence-electron chi connectivity index (χ2n) is 4.03. The van der Waals surface area contributed by atoms with Gasteiger partial charge in [0.2, 0.25) is 0 Å². The molecule has 0 N–H and O–H groups in total. The van der Waals surface area contributed by atoms with Gasteiger partial charge in [0.25, 0.3) is 0 Å². The zero-order chi connectivity index (χ0) is 12.0. The van der Waals surface area contributed by atoms with Crippen molar-refractivity contribution in [1.82, 2.24) is 0 Å². The molecule has 0 saturated heterocycles. The second-order valence-corrected chi connectivity index (χ2v) is 4.03. The molecule has 0 fully saturated rings. The van der Waals surface area contributed by atoms with E-state index in [1.807, 2.05) is 13.8 Å². The molecule has 90 valence electrons. The summed E-state index contributed by atoms with van der Waals surface area (Å²) in [6.45, 7) is 5.32. The zero-order valence-corrected chi connectivity index (χ0v) is 10.1. The topological polar surface area (TPSA) is 18.5 Å². The van der Waals surface area contributed by atoms with Crippen molar-refractivity contribution in [3.63, 3.8) is 0 Å². The van der Waals surface area contributed by atoms with Crippen molar-refractivity contribution in [2.24, 2.45) is 0 Å². The van der Waals surface area contributed by atoms with Crippen LogP contribution in [0.1, 0.15) is 31.7 Å². The Morgan fingerprint density at radius 2 is 2.00 bits per heavy atom. The van der Waals surface area contributed by atoms with Crippen LogP contribution in [0.3, 0.4) is 0 Å². The van der Waals surface area contributed by atoms with Crippen molar-refractivity contribution in [1.29, 1.82) is 0 Å². The molecule has 0 bridgehead atoms. The number of hydrogen-bond acceptors (Lipinski definition) is 2. The number of hydrogen-bond donors (Lipinski definition) is 0. The first-order chi connectivity index (χ1) is 7.65. The first kappa shape index (κ1) is 13.0. The van der Waals surface area contributed by atoms with Crippen molar-refractivity contribution < 1.29 is 13.9 Å². The van der Waals surface area contributed by atoms with Gasteiger partial charge in [0.1, 0.15) is 11.6 Å². The maximum atomic E-state index is 13.1. The largest absolute Gasteiger partial charge is 0.493 e. The molecule has 0 unspecified atom stereocenters. The summed E-state index contributed by atoms with van der Waals surface area (Å²) in [5, 5.41) is 0. The summed E-state index contributed by atoms with van der Waals surface area (Å²) in [6, 6.07) is 4.66. The highest BCUT2D eigenvalue weighted by molar-refractivity contribution is 5.36. The fraction of sp³-hybridized carbons (Fsp3) is 0.538. The van der Waals surface area contributed by atoms with E-state index < -0.39 is 0 Å². The van der Waals surface area contributed by atoms with Gasteiger partial charge in [-0.2, -0.15) is 0 Å². The fourth-order valence-electron chi connectivity index (χ4n) is 1.49. The van der Waals surface area contributed by atoms with Crippen molar-refractivity contribution >= 4 is 0 Å². The Bertz CT molecular complexity index is 324. The van der Waals surface area contributed by atoms with Crippen LogP contribution in [-0.2, 0) is 4.74 Å². The molecule has 0 spiro atoms. The minimum Gasteiger partial charge on any atom is -0.493 e. The maximum Gasteiger partial charge on any atom is 0.123 e. The van der Waals surface area contributed by atoms with E-state index in [9.17, 15) is 4.39 Å². The lowest BCUT2D eigenvalue weighted by Gasteiger charge is -2.13. The van der Waals surface area contributed by atoms with Gasteiger partial charge in [-0.05, 0) is 29.7 Å². The number of rotatable bonds is 6. The monoisotopic (exact) mass is 226 g/mol. The second kappa shape index (κ2) is 6.48. The summed E-state index contributed by atoms with van der Waals surface area (Å²) in [5.41, 5.74) is 0.914. The summed E-state index contributed by atoms with van der Waals surface area (Å²) in [4.78, 5) is 0. The Kier molecular flexibility index (Phi) is 5.26. The Morgan fingerprint density at radius 1 is 1.25 bits per heavy atom. The highest BCUT2D eigenvalue weighted by atomic mass is 19.1. The van der Waals surface area contributed by atoms with Gasteiger partial charge in [-0.25, -0.2) is 4.39 Å². The van der Waals surface area contributed by atoms with E-state index in [1.54, 1.807) is 13.2 Å². The molecule has 0 atom stereocenters. The average Bonchev–Trinajstić information content (AvgIpc) is 2.26. The van der Waals surface area contributed by atoms with Gasteiger partial charge in [-0.3, -0.25) is 0 Å². The molecule has 0 aromatic heterocycles. The van der Waals surface area contributed by atoms with Crippen LogP contribution in [0.5, 0.6) is 5.75 Å². The average molecular weight is 226 g/mol. The van der Waals surface area contributed by atoms with Crippen LogP contribution in [0.15, 0.2) is 18.2 Å². The van der Waals surface area contributed by atoms with Crippen molar-refractivity contribution in [3.8, 4) is 5.75 Å². The molecule has 0 amide bonds. The van der Waals surface area contributed by atoms with Crippen LogP contribution in [0.25, 0.3) is 0 Å². The van der Waals surface area contributed by atoms with Gasteiger partial charge in [0, 0.05) is 20.1 Å². The third kappa shape index (κ3) is 3.81. The predicted molar refractivity (Wildman–Crippen MR) is 62.5 cm³/mol. The molecule has 16 heavy (non-hydrogen) atoms. The Hall–Kier alpha value is -1.09. The van der Waals surface area contributed by atoms with Gasteiger partial charge in [-0.15, -0.1) is 0 Å². The maximum absolute atomic E-state index is 13.1. The van der Waals surface area contributed by atoms with Gasteiger partial charge in [0.05, 0.1) is 6.61 Å². The van der Waals surface area contributed by atoms with Crippen LogP contribution in [0.2, 0.25) is 0 Å². The highest BCUT2D eigenvalue weighted by Crippen LogP contribution is 2.27. The normalized spacial score (nSPS) is 10.8. The molecule has 0 radical (unpaired) electrons. The molecule has 0 aliphatic heterocycles. The fourth-order valence-corrected chi connectivity index (χ4v) is 1.49. The van der Waals surface area contributed by atoms with E-state index in [-0.39, 0.29) is 11.7 Å². The van der Waals surface area contributed by atoms with Gasteiger partial charge < -0.3 is 9.47 Å². The van der Waals surface area contributed by atoms with E-state index >= 15 is 0 Å². The first-order valence-electron chi connectivity index (χ1n) is 5.56. The van der Waals surface area contributed by atoms with E-state index in [2.05, 4.69) is 0 Å². The molecule has 0 aliphatic rings. The van der Waals surface area contributed by atoms with Gasteiger partial charge in [0.15, 0.2) is 0 Å². The third-order valence-corrected chi connectivity index (χ3v) is 2.34. The van der Waals surface area contributed by atoms with Crippen molar-refractivity contribution in [2.45, 2.75) is 26.2 Å². The lowest BCUT2D eigenvalue weighted by atomic mass is 10.0. The van der Waals surface area contributed by atoms with E-state index in [0.717, 1.165) is 17.7 Å². The lowest BCUT2D eigenvalue weighted by molar-refractivity contribution is 0.171. The van der Waals surface area contributed by atoms with Crippen LogP contribution in [0.4, 0.5) is 4.39 Å². The number of methoxy groups -OCH3 is 1. The van der Waals surface area contributed by atoms with Gasteiger partial charge in [-0.1, -0.05) is 13.8 Å². The summed E-state index contributed by atoms with van der Waals surface area (Å²) >= 11 is 0. The van der Waals surface area contributed by atoms with Crippen LogP contribution in [0, 0.1) is 5.82 Å². The van der Waals surface area contributed by atoms with E-state index in [1.165, 1.54) is 12.1 Å². The van der Waals surface area contributed by atoms with Crippen LogP contribution >= 0.6 is 0 Å². The zero-order valence-electron chi connectivity index (χ0n) is 10.1. The number of halogens is 1. The number of ether oxygens (including phenoxy) is 2. The predicted octanol–water partition coefficient (Wildman–Crippen LogP) is 3.36.